The van der Waals surface area contributed by atoms with Crippen molar-refractivity contribution in [2.45, 2.75) is 25.4 Å². The molecule has 0 radical (unpaired) electrons. The van der Waals surface area contributed by atoms with Gasteiger partial charge in [0.2, 0.25) is 5.91 Å². The third-order valence-corrected chi connectivity index (χ3v) is 3.96. The highest BCUT2D eigenvalue weighted by atomic mass is 19.1. The summed E-state index contributed by atoms with van der Waals surface area (Å²) in [6, 6.07) is 13.6. The Bertz CT molecular complexity index is 775. The van der Waals surface area contributed by atoms with Crippen molar-refractivity contribution in [1.29, 1.82) is 0 Å². The van der Waals surface area contributed by atoms with Gasteiger partial charge in [-0.3, -0.25) is 9.59 Å². The Morgan fingerprint density at radius 1 is 1.04 bits per heavy atom. The molecule has 1 aliphatic carbocycles. The maximum atomic E-state index is 13.5. The predicted octanol–water partition coefficient (Wildman–Crippen LogP) is 2.45. The standard InChI is InChI=1S/C19H20FN3O2/c20-16-7-3-1-5-13(16)11-22-18(24)12-21-17-8-4-2-6-15(17)19(25)23-14-9-10-14/h1-8,14,21H,9-12H2,(H,22,24)(H,23,25). The summed E-state index contributed by atoms with van der Waals surface area (Å²) in [7, 11) is 0. The molecular weight excluding hydrogens is 321 g/mol. The van der Waals surface area contributed by atoms with Gasteiger partial charge in [0.15, 0.2) is 0 Å². The average Bonchev–Trinajstić information content (AvgIpc) is 3.43. The lowest BCUT2D eigenvalue weighted by Crippen LogP contribution is -2.31. The fraction of sp³-hybridized carbons (Fsp3) is 0.263. The monoisotopic (exact) mass is 341 g/mol. The van der Waals surface area contributed by atoms with Crippen molar-refractivity contribution in [3.8, 4) is 0 Å². The summed E-state index contributed by atoms with van der Waals surface area (Å²) in [4.78, 5) is 24.2. The Hall–Kier alpha value is -2.89. The van der Waals surface area contributed by atoms with Crippen molar-refractivity contribution in [2.24, 2.45) is 0 Å². The summed E-state index contributed by atoms with van der Waals surface area (Å²) in [5, 5.41) is 8.56. The zero-order valence-electron chi connectivity index (χ0n) is 13.7. The van der Waals surface area contributed by atoms with Gasteiger partial charge in [-0.1, -0.05) is 30.3 Å². The fourth-order valence-corrected chi connectivity index (χ4v) is 2.40. The molecule has 2 aromatic carbocycles. The van der Waals surface area contributed by atoms with Gasteiger partial charge in [0.25, 0.3) is 5.91 Å². The van der Waals surface area contributed by atoms with E-state index in [0.717, 1.165) is 12.8 Å². The molecule has 5 nitrogen and oxygen atoms in total. The van der Waals surface area contributed by atoms with Crippen LogP contribution in [0.5, 0.6) is 0 Å². The van der Waals surface area contributed by atoms with Gasteiger partial charge in [0, 0.05) is 23.8 Å². The summed E-state index contributed by atoms with van der Waals surface area (Å²) in [5.41, 5.74) is 1.54. The van der Waals surface area contributed by atoms with Gasteiger partial charge in [-0.25, -0.2) is 4.39 Å². The van der Waals surface area contributed by atoms with Crippen LogP contribution in [0.2, 0.25) is 0 Å². The van der Waals surface area contributed by atoms with Crippen molar-refractivity contribution >= 4 is 17.5 Å². The second-order valence-electron chi connectivity index (χ2n) is 6.02. The molecule has 0 aliphatic heterocycles. The predicted molar refractivity (Wildman–Crippen MR) is 93.7 cm³/mol. The van der Waals surface area contributed by atoms with Crippen LogP contribution in [-0.2, 0) is 11.3 Å². The smallest absolute Gasteiger partial charge is 0.253 e. The number of para-hydroxylation sites is 1. The number of rotatable bonds is 7. The number of amides is 2. The van der Waals surface area contributed by atoms with E-state index in [0.29, 0.717) is 16.8 Å². The molecule has 3 N–H and O–H groups in total. The van der Waals surface area contributed by atoms with Gasteiger partial charge in [0.1, 0.15) is 5.82 Å². The zero-order chi connectivity index (χ0) is 17.6. The summed E-state index contributed by atoms with van der Waals surface area (Å²) < 4.78 is 13.5. The number of carbonyl (C=O) groups excluding carboxylic acids is 2. The minimum absolute atomic E-state index is 0.00216. The maximum Gasteiger partial charge on any atom is 0.253 e. The molecule has 3 rings (SSSR count). The molecule has 0 saturated heterocycles. The van der Waals surface area contributed by atoms with Crippen LogP contribution in [0.3, 0.4) is 0 Å². The maximum absolute atomic E-state index is 13.5. The largest absolute Gasteiger partial charge is 0.376 e. The van der Waals surface area contributed by atoms with Crippen molar-refractivity contribution < 1.29 is 14.0 Å². The topological polar surface area (TPSA) is 70.2 Å². The second-order valence-corrected chi connectivity index (χ2v) is 6.02. The average molecular weight is 341 g/mol. The third-order valence-electron chi connectivity index (χ3n) is 3.96. The van der Waals surface area contributed by atoms with Crippen molar-refractivity contribution in [3.05, 3.63) is 65.5 Å². The summed E-state index contributed by atoms with van der Waals surface area (Å²) in [6.45, 7) is 0.124. The first-order chi connectivity index (χ1) is 12.1. The van der Waals surface area contributed by atoms with Crippen LogP contribution in [0.4, 0.5) is 10.1 Å². The lowest BCUT2D eigenvalue weighted by molar-refractivity contribution is -0.119. The van der Waals surface area contributed by atoms with Gasteiger partial charge in [-0.15, -0.1) is 0 Å². The van der Waals surface area contributed by atoms with Gasteiger partial charge >= 0.3 is 0 Å². The first kappa shape index (κ1) is 17.0. The summed E-state index contributed by atoms with van der Waals surface area (Å²) in [6.07, 6.45) is 2.03. The molecule has 1 aliphatic rings. The van der Waals surface area contributed by atoms with Crippen LogP contribution in [0.1, 0.15) is 28.8 Å². The molecule has 25 heavy (non-hydrogen) atoms. The number of halogens is 1. The van der Waals surface area contributed by atoms with E-state index in [1.54, 1.807) is 42.5 Å². The number of hydrogen-bond acceptors (Lipinski definition) is 3. The third kappa shape index (κ3) is 4.79. The number of nitrogens with one attached hydrogen (secondary N) is 3. The molecule has 2 aromatic rings. The highest BCUT2D eigenvalue weighted by molar-refractivity contribution is 6.00. The van der Waals surface area contributed by atoms with Crippen LogP contribution >= 0.6 is 0 Å². The number of hydrogen-bond donors (Lipinski definition) is 3. The van der Waals surface area contributed by atoms with Crippen LogP contribution in [0.25, 0.3) is 0 Å². The van der Waals surface area contributed by atoms with E-state index in [1.165, 1.54) is 6.07 Å². The van der Waals surface area contributed by atoms with Crippen LogP contribution < -0.4 is 16.0 Å². The van der Waals surface area contributed by atoms with Crippen LogP contribution in [-0.4, -0.2) is 24.4 Å². The van der Waals surface area contributed by atoms with Crippen molar-refractivity contribution in [2.75, 3.05) is 11.9 Å². The number of anilines is 1. The highest BCUT2D eigenvalue weighted by Crippen LogP contribution is 2.21. The lowest BCUT2D eigenvalue weighted by Gasteiger charge is -2.12. The Balaban J connectivity index is 1.53. The van der Waals surface area contributed by atoms with Crippen LogP contribution in [0.15, 0.2) is 48.5 Å². The van der Waals surface area contributed by atoms with E-state index in [2.05, 4.69) is 16.0 Å². The molecule has 0 bridgehead atoms. The van der Waals surface area contributed by atoms with Crippen molar-refractivity contribution in [1.82, 2.24) is 10.6 Å². The van der Waals surface area contributed by atoms with E-state index in [-0.39, 0.29) is 36.8 Å². The minimum atomic E-state index is -0.349. The Morgan fingerprint density at radius 2 is 1.76 bits per heavy atom. The fourth-order valence-electron chi connectivity index (χ4n) is 2.40. The molecule has 0 atom stereocenters. The normalized spacial score (nSPS) is 13.2. The number of benzene rings is 2. The molecule has 1 fully saturated rings. The van der Waals surface area contributed by atoms with Gasteiger partial charge in [-0.2, -0.15) is 0 Å². The van der Waals surface area contributed by atoms with Crippen LogP contribution in [0, 0.1) is 5.82 Å². The number of carbonyl (C=O) groups is 2. The molecule has 2 amide bonds. The molecule has 0 heterocycles. The van der Waals surface area contributed by atoms with Crippen molar-refractivity contribution in [3.63, 3.8) is 0 Å². The Morgan fingerprint density at radius 3 is 2.52 bits per heavy atom. The van der Waals surface area contributed by atoms with E-state index in [1.807, 2.05) is 0 Å². The molecule has 0 spiro atoms. The minimum Gasteiger partial charge on any atom is -0.376 e. The molecule has 6 heteroatoms. The van der Waals surface area contributed by atoms with E-state index >= 15 is 0 Å². The molecular formula is C19H20FN3O2. The summed E-state index contributed by atoms with van der Waals surface area (Å²) >= 11 is 0. The molecule has 1 saturated carbocycles. The van der Waals surface area contributed by atoms with Gasteiger partial charge in [0.05, 0.1) is 12.1 Å². The lowest BCUT2D eigenvalue weighted by atomic mass is 10.1. The van der Waals surface area contributed by atoms with E-state index < -0.39 is 0 Å². The summed E-state index contributed by atoms with van der Waals surface area (Å²) in [5.74, 6) is -0.768. The Labute approximate surface area is 145 Å². The zero-order valence-corrected chi connectivity index (χ0v) is 13.7. The van der Waals surface area contributed by atoms with Gasteiger partial charge in [-0.05, 0) is 31.0 Å². The van der Waals surface area contributed by atoms with E-state index in [9.17, 15) is 14.0 Å². The second kappa shape index (κ2) is 7.79. The Kier molecular flexibility index (Phi) is 5.28. The molecule has 0 unspecified atom stereocenters. The molecule has 130 valence electrons. The quantitative estimate of drug-likeness (QED) is 0.724. The van der Waals surface area contributed by atoms with E-state index in [4.69, 9.17) is 0 Å². The SMILES string of the molecule is O=C(CNc1ccccc1C(=O)NC1CC1)NCc1ccccc1F. The molecule has 0 aromatic heterocycles. The first-order valence-corrected chi connectivity index (χ1v) is 8.27. The highest BCUT2D eigenvalue weighted by Gasteiger charge is 2.24. The van der Waals surface area contributed by atoms with Gasteiger partial charge < -0.3 is 16.0 Å². The first-order valence-electron chi connectivity index (χ1n) is 8.27.